The Bertz CT molecular complexity index is 933. The number of benzene rings is 2. The fourth-order valence-electron chi connectivity index (χ4n) is 2.58. The van der Waals surface area contributed by atoms with Crippen LogP contribution in [0, 0.1) is 6.92 Å². The van der Waals surface area contributed by atoms with Gasteiger partial charge in [0.15, 0.2) is 0 Å². The molecule has 6 heteroatoms. The van der Waals surface area contributed by atoms with Gasteiger partial charge in [0.05, 0.1) is 25.5 Å². The molecule has 0 spiro atoms. The third-order valence-electron chi connectivity index (χ3n) is 3.81. The number of aryl methyl sites for hydroxylation is 1. The SMILES string of the molecule is COc1ccc(-c2c(C)nc(Nc3cccc(OC)c3)[nH]c2=O)cc1. The fraction of sp³-hybridized carbons (Fsp3) is 0.158. The summed E-state index contributed by atoms with van der Waals surface area (Å²) < 4.78 is 10.3. The van der Waals surface area contributed by atoms with E-state index in [1.807, 2.05) is 55.5 Å². The molecule has 0 unspecified atom stereocenters. The Kier molecular flexibility index (Phi) is 4.70. The molecule has 0 amide bonds. The first-order valence-corrected chi connectivity index (χ1v) is 7.77. The predicted molar refractivity (Wildman–Crippen MR) is 97.9 cm³/mol. The van der Waals surface area contributed by atoms with Crippen LogP contribution in [0.15, 0.2) is 53.3 Å². The first kappa shape index (κ1) is 16.6. The molecule has 6 nitrogen and oxygen atoms in total. The van der Waals surface area contributed by atoms with Gasteiger partial charge in [-0.1, -0.05) is 18.2 Å². The number of hydrogen-bond acceptors (Lipinski definition) is 5. The molecule has 0 bridgehead atoms. The molecular weight excluding hydrogens is 318 g/mol. The Balaban J connectivity index is 1.92. The highest BCUT2D eigenvalue weighted by atomic mass is 16.5. The van der Waals surface area contributed by atoms with Crippen molar-refractivity contribution in [1.29, 1.82) is 0 Å². The molecular formula is C19H19N3O3. The summed E-state index contributed by atoms with van der Waals surface area (Å²) in [6.07, 6.45) is 0. The highest BCUT2D eigenvalue weighted by molar-refractivity contribution is 5.67. The zero-order chi connectivity index (χ0) is 17.8. The van der Waals surface area contributed by atoms with Crippen molar-refractivity contribution in [2.24, 2.45) is 0 Å². The molecule has 0 radical (unpaired) electrons. The van der Waals surface area contributed by atoms with Crippen LogP contribution in [0.5, 0.6) is 11.5 Å². The van der Waals surface area contributed by atoms with Gasteiger partial charge >= 0.3 is 0 Å². The Morgan fingerprint density at radius 2 is 1.72 bits per heavy atom. The van der Waals surface area contributed by atoms with E-state index in [4.69, 9.17) is 9.47 Å². The number of anilines is 2. The highest BCUT2D eigenvalue weighted by Crippen LogP contribution is 2.23. The molecule has 0 atom stereocenters. The van der Waals surface area contributed by atoms with Gasteiger partial charge in [0.1, 0.15) is 11.5 Å². The zero-order valence-electron chi connectivity index (χ0n) is 14.3. The number of aromatic nitrogens is 2. The van der Waals surface area contributed by atoms with Gasteiger partial charge in [-0.25, -0.2) is 4.98 Å². The van der Waals surface area contributed by atoms with E-state index in [0.717, 1.165) is 22.7 Å². The highest BCUT2D eigenvalue weighted by Gasteiger charge is 2.11. The first-order valence-electron chi connectivity index (χ1n) is 7.77. The molecule has 1 heterocycles. The van der Waals surface area contributed by atoms with E-state index in [1.54, 1.807) is 14.2 Å². The van der Waals surface area contributed by atoms with Crippen molar-refractivity contribution in [3.63, 3.8) is 0 Å². The molecule has 0 fully saturated rings. The van der Waals surface area contributed by atoms with Crippen molar-refractivity contribution in [3.8, 4) is 22.6 Å². The lowest BCUT2D eigenvalue weighted by Gasteiger charge is -2.10. The van der Waals surface area contributed by atoms with Crippen molar-refractivity contribution in [3.05, 3.63) is 64.6 Å². The van der Waals surface area contributed by atoms with Crippen LogP contribution in [-0.2, 0) is 0 Å². The van der Waals surface area contributed by atoms with Crippen molar-refractivity contribution >= 4 is 11.6 Å². The number of nitrogens with zero attached hydrogens (tertiary/aromatic N) is 1. The lowest BCUT2D eigenvalue weighted by molar-refractivity contribution is 0.415. The standard InChI is InChI=1S/C19H19N3O3/c1-12-17(13-7-9-15(24-2)10-8-13)18(23)22-19(20-12)21-14-5-4-6-16(11-14)25-3/h4-11H,1-3H3,(H2,20,21,22,23). The van der Waals surface area contributed by atoms with E-state index in [0.29, 0.717) is 17.2 Å². The van der Waals surface area contributed by atoms with Crippen molar-refractivity contribution in [2.45, 2.75) is 6.92 Å². The summed E-state index contributed by atoms with van der Waals surface area (Å²) in [6.45, 7) is 1.81. The Morgan fingerprint density at radius 1 is 1.00 bits per heavy atom. The van der Waals surface area contributed by atoms with Crippen LogP contribution in [0.1, 0.15) is 5.69 Å². The van der Waals surface area contributed by atoms with Crippen LogP contribution in [0.25, 0.3) is 11.1 Å². The van der Waals surface area contributed by atoms with Crippen molar-refractivity contribution in [2.75, 3.05) is 19.5 Å². The smallest absolute Gasteiger partial charge is 0.260 e. The quantitative estimate of drug-likeness (QED) is 0.745. The van der Waals surface area contributed by atoms with Crippen LogP contribution in [0.4, 0.5) is 11.6 Å². The van der Waals surface area contributed by atoms with Gasteiger partial charge in [0.25, 0.3) is 5.56 Å². The molecule has 128 valence electrons. The molecule has 3 rings (SSSR count). The average Bonchev–Trinajstić information content (AvgIpc) is 2.62. The molecule has 0 saturated heterocycles. The number of methoxy groups -OCH3 is 2. The van der Waals surface area contributed by atoms with Crippen LogP contribution < -0.4 is 20.3 Å². The number of hydrogen-bond donors (Lipinski definition) is 2. The molecule has 0 aliphatic carbocycles. The number of nitrogens with one attached hydrogen (secondary N) is 2. The fourth-order valence-corrected chi connectivity index (χ4v) is 2.58. The van der Waals surface area contributed by atoms with Crippen LogP contribution in [0.2, 0.25) is 0 Å². The third kappa shape index (κ3) is 3.63. The summed E-state index contributed by atoms with van der Waals surface area (Å²) in [6, 6.07) is 14.7. The summed E-state index contributed by atoms with van der Waals surface area (Å²) in [4.78, 5) is 19.8. The normalized spacial score (nSPS) is 10.4. The molecule has 0 aliphatic heterocycles. The summed E-state index contributed by atoms with van der Waals surface area (Å²) in [5.41, 5.74) is 2.54. The van der Waals surface area contributed by atoms with E-state index in [-0.39, 0.29) is 5.56 Å². The topological polar surface area (TPSA) is 76.2 Å². The van der Waals surface area contributed by atoms with E-state index in [9.17, 15) is 4.79 Å². The van der Waals surface area contributed by atoms with Gasteiger partial charge < -0.3 is 14.8 Å². The molecule has 0 saturated carbocycles. The molecule has 1 aromatic heterocycles. The second kappa shape index (κ2) is 7.09. The number of aromatic amines is 1. The van der Waals surface area contributed by atoms with Crippen LogP contribution >= 0.6 is 0 Å². The van der Waals surface area contributed by atoms with Crippen molar-refractivity contribution < 1.29 is 9.47 Å². The Hall–Kier alpha value is -3.28. The number of ether oxygens (including phenoxy) is 2. The molecule has 2 N–H and O–H groups in total. The average molecular weight is 337 g/mol. The Labute approximate surface area is 145 Å². The lowest BCUT2D eigenvalue weighted by atomic mass is 10.1. The minimum atomic E-state index is -0.205. The van der Waals surface area contributed by atoms with Gasteiger partial charge in [0.2, 0.25) is 5.95 Å². The van der Waals surface area contributed by atoms with E-state index in [2.05, 4.69) is 15.3 Å². The van der Waals surface area contributed by atoms with E-state index in [1.165, 1.54) is 0 Å². The minimum absolute atomic E-state index is 0.205. The van der Waals surface area contributed by atoms with Gasteiger partial charge in [-0.05, 0) is 36.8 Å². The van der Waals surface area contributed by atoms with Crippen LogP contribution in [-0.4, -0.2) is 24.2 Å². The maximum absolute atomic E-state index is 12.5. The lowest BCUT2D eigenvalue weighted by Crippen LogP contribution is -2.15. The molecule has 0 aliphatic rings. The van der Waals surface area contributed by atoms with Gasteiger partial charge in [-0.15, -0.1) is 0 Å². The second-order valence-electron chi connectivity index (χ2n) is 5.46. The van der Waals surface area contributed by atoms with E-state index >= 15 is 0 Å². The second-order valence-corrected chi connectivity index (χ2v) is 5.46. The summed E-state index contributed by atoms with van der Waals surface area (Å²) >= 11 is 0. The van der Waals surface area contributed by atoms with Crippen molar-refractivity contribution in [1.82, 2.24) is 9.97 Å². The van der Waals surface area contributed by atoms with E-state index < -0.39 is 0 Å². The first-order chi connectivity index (χ1) is 12.1. The monoisotopic (exact) mass is 337 g/mol. The van der Waals surface area contributed by atoms with Gasteiger partial charge in [0, 0.05) is 11.8 Å². The van der Waals surface area contributed by atoms with Crippen LogP contribution in [0.3, 0.4) is 0 Å². The molecule has 2 aromatic carbocycles. The largest absolute Gasteiger partial charge is 0.497 e. The number of rotatable bonds is 5. The third-order valence-corrected chi connectivity index (χ3v) is 3.81. The van der Waals surface area contributed by atoms with Gasteiger partial charge in [-0.3, -0.25) is 9.78 Å². The maximum atomic E-state index is 12.5. The molecule has 25 heavy (non-hydrogen) atoms. The summed E-state index contributed by atoms with van der Waals surface area (Å²) in [5.74, 6) is 1.84. The predicted octanol–water partition coefficient (Wildman–Crippen LogP) is 3.51. The zero-order valence-corrected chi connectivity index (χ0v) is 14.3. The minimum Gasteiger partial charge on any atom is -0.497 e. The molecule has 3 aromatic rings. The van der Waals surface area contributed by atoms with Gasteiger partial charge in [-0.2, -0.15) is 0 Å². The summed E-state index contributed by atoms with van der Waals surface area (Å²) in [7, 11) is 3.21. The maximum Gasteiger partial charge on any atom is 0.260 e. The Morgan fingerprint density at radius 3 is 2.36 bits per heavy atom. The number of H-pyrrole nitrogens is 1. The summed E-state index contributed by atoms with van der Waals surface area (Å²) in [5, 5.41) is 3.09.